The Labute approximate surface area is 238 Å². The van der Waals surface area contributed by atoms with Crippen LogP contribution in [0.4, 0.5) is 16.2 Å². The Hall–Kier alpha value is -3.26. The number of carbonyl (C=O) groups excluding carboxylic acids is 2. The summed E-state index contributed by atoms with van der Waals surface area (Å²) in [7, 11) is 1.70. The normalized spacial score (nSPS) is 22.1. The van der Waals surface area contributed by atoms with Gasteiger partial charge in [0.15, 0.2) is 0 Å². The van der Waals surface area contributed by atoms with Crippen molar-refractivity contribution in [1.82, 2.24) is 14.7 Å². The second-order valence-electron chi connectivity index (χ2n) is 11.8. The van der Waals surface area contributed by atoms with Gasteiger partial charge in [0.1, 0.15) is 11.3 Å². The number of imide groups is 1. The van der Waals surface area contributed by atoms with Gasteiger partial charge in [0, 0.05) is 64.1 Å². The monoisotopic (exact) mass is 545 g/mol. The molecular formula is C32H43N5O3. The predicted molar refractivity (Wildman–Crippen MR) is 158 cm³/mol. The van der Waals surface area contributed by atoms with Crippen LogP contribution in [0.15, 0.2) is 48.5 Å². The lowest BCUT2D eigenvalue weighted by atomic mass is 9.85. The van der Waals surface area contributed by atoms with Crippen LogP contribution in [0.2, 0.25) is 0 Å². The number of methoxy groups -OCH3 is 1. The number of carbonyl (C=O) groups is 2. The number of para-hydroxylation sites is 2. The lowest BCUT2D eigenvalue weighted by Gasteiger charge is -2.42. The molecular weight excluding hydrogens is 502 g/mol. The standard InChI is InChI=1S/C32H43N5O3/c1-3-36-31(39)37(27-14-20-35(21-15-27)28-8-4-5-9-29(28)40-2)30(38)32(36)16-22-33(23-17-32)24-25-10-12-26(13-11-25)34-18-6-7-19-34/h4-5,8-13,27H,3,6-7,14-24H2,1-2H3. The Bertz CT molecular complexity index is 1200. The van der Waals surface area contributed by atoms with Crippen LogP contribution in [0, 0.1) is 0 Å². The van der Waals surface area contributed by atoms with E-state index in [0.717, 1.165) is 70.1 Å². The fraction of sp³-hybridized carbons (Fsp3) is 0.562. The van der Waals surface area contributed by atoms with Crippen molar-refractivity contribution in [2.45, 2.75) is 63.6 Å². The lowest BCUT2D eigenvalue weighted by Crippen LogP contribution is -2.56. The molecule has 0 N–H and O–H groups in total. The van der Waals surface area contributed by atoms with Crippen molar-refractivity contribution in [1.29, 1.82) is 0 Å². The van der Waals surface area contributed by atoms with E-state index in [1.54, 1.807) is 12.0 Å². The molecule has 8 heteroatoms. The van der Waals surface area contributed by atoms with Crippen LogP contribution in [0.5, 0.6) is 5.75 Å². The number of benzene rings is 2. The predicted octanol–water partition coefficient (Wildman–Crippen LogP) is 4.58. The minimum atomic E-state index is -0.693. The van der Waals surface area contributed by atoms with E-state index in [4.69, 9.17) is 4.74 Å². The molecule has 4 saturated heterocycles. The fourth-order valence-electron chi connectivity index (χ4n) is 7.37. The number of anilines is 2. The molecule has 4 aliphatic rings. The van der Waals surface area contributed by atoms with Gasteiger partial charge >= 0.3 is 6.03 Å². The molecule has 0 atom stereocenters. The van der Waals surface area contributed by atoms with Gasteiger partial charge in [-0.3, -0.25) is 14.6 Å². The van der Waals surface area contributed by atoms with Gasteiger partial charge in [-0.15, -0.1) is 0 Å². The number of amides is 3. The van der Waals surface area contributed by atoms with Crippen LogP contribution in [-0.4, -0.2) is 91.1 Å². The molecule has 0 unspecified atom stereocenters. The van der Waals surface area contributed by atoms with E-state index in [2.05, 4.69) is 45.0 Å². The van der Waals surface area contributed by atoms with Crippen LogP contribution in [0.1, 0.15) is 51.0 Å². The van der Waals surface area contributed by atoms with Crippen molar-refractivity contribution < 1.29 is 14.3 Å². The number of nitrogens with zero attached hydrogens (tertiary/aromatic N) is 5. The summed E-state index contributed by atoms with van der Waals surface area (Å²) in [6.45, 7) is 9.02. The SMILES string of the molecule is CCN1C(=O)N(C2CCN(c3ccccc3OC)CC2)C(=O)C12CCN(Cc1ccc(N3CCCC3)cc1)CC2. The molecule has 4 aliphatic heterocycles. The largest absolute Gasteiger partial charge is 0.495 e. The summed E-state index contributed by atoms with van der Waals surface area (Å²) < 4.78 is 5.56. The first-order valence-corrected chi connectivity index (χ1v) is 15.1. The summed E-state index contributed by atoms with van der Waals surface area (Å²) >= 11 is 0. The maximum absolute atomic E-state index is 14.0. The van der Waals surface area contributed by atoms with E-state index < -0.39 is 5.54 Å². The molecule has 0 radical (unpaired) electrons. The van der Waals surface area contributed by atoms with Crippen molar-refractivity contribution in [3.05, 3.63) is 54.1 Å². The molecule has 0 bridgehead atoms. The third-order valence-electron chi connectivity index (χ3n) is 9.64. The molecule has 2 aromatic rings. The highest BCUT2D eigenvalue weighted by molar-refractivity contribution is 6.07. The van der Waals surface area contributed by atoms with Crippen molar-refractivity contribution in [2.75, 3.05) is 62.7 Å². The molecule has 1 spiro atoms. The van der Waals surface area contributed by atoms with E-state index in [-0.39, 0.29) is 18.0 Å². The van der Waals surface area contributed by atoms with Gasteiger partial charge in [0.2, 0.25) is 0 Å². The number of likely N-dealkylation sites (N-methyl/N-ethyl adjacent to an activating group) is 1. The molecule has 6 rings (SSSR count). The fourth-order valence-corrected chi connectivity index (χ4v) is 7.37. The van der Waals surface area contributed by atoms with E-state index in [0.29, 0.717) is 19.4 Å². The van der Waals surface area contributed by atoms with Gasteiger partial charge in [-0.1, -0.05) is 24.3 Å². The molecule has 0 aliphatic carbocycles. The zero-order chi connectivity index (χ0) is 27.7. The molecule has 0 aromatic heterocycles. The molecule has 3 amide bonds. The van der Waals surface area contributed by atoms with Crippen LogP contribution in [-0.2, 0) is 11.3 Å². The summed E-state index contributed by atoms with van der Waals surface area (Å²) in [4.78, 5) is 38.4. The number of hydrogen-bond donors (Lipinski definition) is 0. The van der Waals surface area contributed by atoms with Crippen molar-refractivity contribution in [3.63, 3.8) is 0 Å². The molecule has 4 heterocycles. The summed E-state index contributed by atoms with van der Waals surface area (Å²) in [5.74, 6) is 0.893. The first-order valence-electron chi connectivity index (χ1n) is 15.1. The van der Waals surface area contributed by atoms with Gasteiger partial charge in [-0.05, 0) is 75.3 Å². The van der Waals surface area contributed by atoms with Gasteiger partial charge in [-0.2, -0.15) is 0 Å². The number of likely N-dealkylation sites (tertiary alicyclic amines) is 1. The average molecular weight is 546 g/mol. The summed E-state index contributed by atoms with van der Waals surface area (Å²) in [5, 5.41) is 0. The zero-order valence-electron chi connectivity index (χ0n) is 24.1. The minimum Gasteiger partial charge on any atom is -0.495 e. The molecule has 2 aromatic carbocycles. The van der Waals surface area contributed by atoms with Crippen molar-refractivity contribution in [3.8, 4) is 5.75 Å². The van der Waals surface area contributed by atoms with E-state index in [9.17, 15) is 9.59 Å². The van der Waals surface area contributed by atoms with Gasteiger partial charge in [0.05, 0.1) is 12.8 Å². The Kier molecular flexibility index (Phi) is 7.62. The topological polar surface area (TPSA) is 59.6 Å². The van der Waals surface area contributed by atoms with Crippen LogP contribution in [0.3, 0.4) is 0 Å². The minimum absolute atomic E-state index is 0.0321. The molecule has 40 heavy (non-hydrogen) atoms. The highest BCUT2D eigenvalue weighted by Crippen LogP contribution is 2.40. The number of piperidine rings is 2. The van der Waals surface area contributed by atoms with Crippen molar-refractivity contribution in [2.24, 2.45) is 0 Å². The molecule has 4 fully saturated rings. The number of hydrogen-bond acceptors (Lipinski definition) is 6. The molecule has 8 nitrogen and oxygen atoms in total. The van der Waals surface area contributed by atoms with Crippen LogP contribution >= 0.6 is 0 Å². The lowest BCUT2D eigenvalue weighted by molar-refractivity contribution is -0.137. The second kappa shape index (κ2) is 11.3. The Morgan fingerprint density at radius 1 is 0.850 bits per heavy atom. The van der Waals surface area contributed by atoms with Crippen LogP contribution in [0.25, 0.3) is 0 Å². The Balaban J connectivity index is 1.08. The Morgan fingerprint density at radius 2 is 1.52 bits per heavy atom. The van der Waals surface area contributed by atoms with Gasteiger partial charge in [-0.25, -0.2) is 4.79 Å². The smallest absolute Gasteiger partial charge is 0.327 e. The first-order chi connectivity index (χ1) is 19.5. The summed E-state index contributed by atoms with van der Waals surface area (Å²) in [6.07, 6.45) is 5.53. The molecule has 214 valence electrons. The first kappa shape index (κ1) is 26.9. The number of rotatable bonds is 7. The van der Waals surface area contributed by atoms with E-state index in [1.807, 2.05) is 30.0 Å². The Morgan fingerprint density at radius 3 is 2.17 bits per heavy atom. The third kappa shape index (κ3) is 4.80. The maximum Gasteiger partial charge on any atom is 0.327 e. The highest BCUT2D eigenvalue weighted by atomic mass is 16.5. The summed E-state index contributed by atoms with van der Waals surface area (Å²) in [5.41, 5.74) is 3.01. The second-order valence-corrected chi connectivity index (χ2v) is 11.8. The van der Waals surface area contributed by atoms with Crippen molar-refractivity contribution >= 4 is 23.3 Å². The quantitative estimate of drug-likeness (QED) is 0.475. The summed E-state index contributed by atoms with van der Waals surface area (Å²) in [6, 6.07) is 16.9. The van der Waals surface area contributed by atoms with E-state index >= 15 is 0 Å². The van der Waals surface area contributed by atoms with Gasteiger partial charge < -0.3 is 19.4 Å². The average Bonchev–Trinajstić information content (AvgIpc) is 3.60. The maximum atomic E-state index is 14.0. The zero-order valence-corrected chi connectivity index (χ0v) is 24.1. The van der Waals surface area contributed by atoms with E-state index in [1.165, 1.54) is 24.1 Å². The molecule has 0 saturated carbocycles. The number of urea groups is 1. The van der Waals surface area contributed by atoms with Gasteiger partial charge in [0.25, 0.3) is 5.91 Å². The third-order valence-corrected chi connectivity index (χ3v) is 9.64. The highest BCUT2D eigenvalue weighted by Gasteiger charge is 2.58. The van der Waals surface area contributed by atoms with Crippen LogP contribution < -0.4 is 14.5 Å². The number of ether oxygens (including phenoxy) is 1.